The van der Waals surface area contributed by atoms with Crippen molar-refractivity contribution in [1.82, 2.24) is 19.2 Å². The molecule has 4 rings (SSSR count). The number of nitrogens with zero attached hydrogens (tertiary/aromatic N) is 4. The van der Waals surface area contributed by atoms with E-state index in [2.05, 4.69) is 15.4 Å². The minimum absolute atomic E-state index is 0.239. The first kappa shape index (κ1) is 17.7. The van der Waals surface area contributed by atoms with Gasteiger partial charge in [-0.1, -0.05) is 0 Å². The van der Waals surface area contributed by atoms with Crippen molar-refractivity contribution >= 4 is 28.1 Å². The Balaban J connectivity index is 1.59. The topological polar surface area (TPSA) is 90.5 Å². The van der Waals surface area contributed by atoms with Gasteiger partial charge in [-0.3, -0.25) is 4.79 Å². The van der Waals surface area contributed by atoms with Crippen molar-refractivity contribution < 1.29 is 13.9 Å². The Kier molecular flexibility index (Phi) is 4.48. The molecule has 142 valence electrons. The molecule has 1 amide bonds. The number of hydrogen-bond acceptors (Lipinski definition) is 5. The van der Waals surface area contributed by atoms with E-state index in [0.717, 1.165) is 4.68 Å². The maximum absolute atomic E-state index is 13.6. The first-order valence-electron chi connectivity index (χ1n) is 8.61. The molecule has 2 heterocycles. The molecular weight excluding hydrogens is 365 g/mol. The third-order valence-electron chi connectivity index (χ3n) is 4.12. The smallest absolute Gasteiger partial charge is 0.352 e. The minimum Gasteiger partial charge on any atom is -0.494 e. The van der Waals surface area contributed by atoms with Crippen LogP contribution in [0.3, 0.4) is 0 Å². The molecule has 0 saturated heterocycles. The lowest BCUT2D eigenvalue weighted by atomic mass is 10.2. The first-order valence-corrected chi connectivity index (χ1v) is 8.61. The SMILES string of the molecule is CCOc1ccc(NC(=O)Cn2nc3c4cc(F)ccc4ncn3c2=O)cc1. The normalized spacial score (nSPS) is 11.1. The summed E-state index contributed by atoms with van der Waals surface area (Å²) in [6.45, 7) is 2.15. The summed E-state index contributed by atoms with van der Waals surface area (Å²) in [4.78, 5) is 28.9. The molecule has 0 saturated carbocycles. The minimum atomic E-state index is -0.532. The van der Waals surface area contributed by atoms with Gasteiger partial charge in [0.15, 0.2) is 5.65 Å². The van der Waals surface area contributed by atoms with Gasteiger partial charge in [0.1, 0.15) is 24.4 Å². The van der Waals surface area contributed by atoms with E-state index in [1.165, 1.54) is 28.9 Å². The van der Waals surface area contributed by atoms with Crippen LogP contribution in [0.2, 0.25) is 0 Å². The maximum atomic E-state index is 13.6. The highest BCUT2D eigenvalue weighted by atomic mass is 19.1. The second-order valence-corrected chi connectivity index (χ2v) is 6.05. The Morgan fingerprint density at radius 1 is 1.21 bits per heavy atom. The van der Waals surface area contributed by atoms with Crippen LogP contribution in [0.15, 0.2) is 53.6 Å². The molecule has 0 fully saturated rings. The molecule has 0 unspecified atom stereocenters. The lowest BCUT2D eigenvalue weighted by molar-refractivity contribution is -0.117. The molecular formula is C19H16FN5O3. The number of nitrogens with one attached hydrogen (secondary N) is 1. The number of amides is 1. The number of ether oxygens (including phenoxy) is 1. The fourth-order valence-corrected chi connectivity index (χ4v) is 2.87. The van der Waals surface area contributed by atoms with Gasteiger partial charge < -0.3 is 10.1 Å². The number of benzene rings is 2. The van der Waals surface area contributed by atoms with Crippen LogP contribution in [0.5, 0.6) is 5.75 Å². The fourth-order valence-electron chi connectivity index (χ4n) is 2.87. The highest BCUT2D eigenvalue weighted by Gasteiger charge is 2.14. The predicted molar refractivity (Wildman–Crippen MR) is 101 cm³/mol. The van der Waals surface area contributed by atoms with E-state index in [0.29, 0.717) is 28.9 Å². The Bertz CT molecular complexity index is 1230. The van der Waals surface area contributed by atoms with Crippen molar-refractivity contribution in [2.75, 3.05) is 11.9 Å². The van der Waals surface area contributed by atoms with Crippen LogP contribution < -0.4 is 15.7 Å². The lowest BCUT2D eigenvalue weighted by Crippen LogP contribution is -2.28. The average Bonchev–Trinajstić information content (AvgIpc) is 2.99. The molecule has 0 spiro atoms. The zero-order valence-electron chi connectivity index (χ0n) is 14.9. The largest absolute Gasteiger partial charge is 0.494 e. The molecule has 0 atom stereocenters. The van der Waals surface area contributed by atoms with Crippen LogP contribution in [0.1, 0.15) is 6.92 Å². The molecule has 8 nitrogen and oxygen atoms in total. The zero-order chi connectivity index (χ0) is 19.7. The molecule has 28 heavy (non-hydrogen) atoms. The first-order chi connectivity index (χ1) is 13.5. The summed E-state index contributed by atoms with van der Waals surface area (Å²) in [6.07, 6.45) is 1.31. The van der Waals surface area contributed by atoms with Gasteiger partial charge in [-0.15, -0.1) is 5.10 Å². The van der Waals surface area contributed by atoms with E-state index in [1.807, 2.05) is 6.92 Å². The van der Waals surface area contributed by atoms with E-state index in [-0.39, 0.29) is 12.2 Å². The Morgan fingerprint density at radius 3 is 2.75 bits per heavy atom. The summed E-state index contributed by atoms with van der Waals surface area (Å²) in [6, 6.07) is 10.9. The molecule has 0 aliphatic carbocycles. The quantitative estimate of drug-likeness (QED) is 0.572. The van der Waals surface area contributed by atoms with Gasteiger partial charge in [0.25, 0.3) is 0 Å². The Labute approximate surface area is 158 Å². The molecule has 9 heteroatoms. The average molecular weight is 381 g/mol. The van der Waals surface area contributed by atoms with Gasteiger partial charge in [0.2, 0.25) is 5.91 Å². The summed E-state index contributed by atoms with van der Waals surface area (Å²) < 4.78 is 21.1. The molecule has 4 aromatic rings. The van der Waals surface area contributed by atoms with Crippen LogP contribution in [0, 0.1) is 5.82 Å². The number of rotatable bonds is 5. The molecule has 0 radical (unpaired) electrons. The molecule has 0 aliphatic heterocycles. The van der Waals surface area contributed by atoms with Crippen molar-refractivity contribution in [1.29, 1.82) is 0 Å². The number of anilines is 1. The van der Waals surface area contributed by atoms with Gasteiger partial charge in [-0.05, 0) is 49.4 Å². The van der Waals surface area contributed by atoms with Crippen molar-refractivity contribution in [3.05, 3.63) is 65.1 Å². The summed E-state index contributed by atoms with van der Waals surface area (Å²) in [5.74, 6) is -0.181. The summed E-state index contributed by atoms with van der Waals surface area (Å²) in [5, 5.41) is 7.27. The van der Waals surface area contributed by atoms with Crippen LogP contribution in [0.25, 0.3) is 16.6 Å². The zero-order valence-corrected chi connectivity index (χ0v) is 14.9. The summed E-state index contributed by atoms with van der Waals surface area (Å²) in [7, 11) is 0. The number of halogens is 1. The molecule has 2 aromatic carbocycles. The van der Waals surface area contributed by atoms with Crippen molar-refractivity contribution in [2.24, 2.45) is 0 Å². The highest BCUT2D eigenvalue weighted by Crippen LogP contribution is 2.17. The van der Waals surface area contributed by atoms with Gasteiger partial charge in [-0.25, -0.2) is 23.3 Å². The third kappa shape index (κ3) is 3.29. The van der Waals surface area contributed by atoms with Gasteiger partial charge in [0, 0.05) is 11.1 Å². The maximum Gasteiger partial charge on any atom is 0.352 e. The van der Waals surface area contributed by atoms with Crippen LogP contribution >= 0.6 is 0 Å². The molecule has 1 N–H and O–H groups in total. The number of aromatic nitrogens is 4. The third-order valence-corrected chi connectivity index (χ3v) is 4.12. The number of carbonyl (C=O) groups is 1. The number of carbonyl (C=O) groups excluding carboxylic acids is 1. The number of hydrogen-bond donors (Lipinski definition) is 1. The Hall–Kier alpha value is -3.75. The predicted octanol–water partition coefficient (Wildman–Crippen LogP) is 2.22. The Morgan fingerprint density at radius 2 is 2.00 bits per heavy atom. The lowest BCUT2D eigenvalue weighted by Gasteiger charge is -2.06. The van der Waals surface area contributed by atoms with Crippen LogP contribution in [-0.4, -0.2) is 31.7 Å². The summed E-state index contributed by atoms with van der Waals surface area (Å²) in [5.41, 5.74) is 0.781. The second kappa shape index (κ2) is 7.10. The summed E-state index contributed by atoms with van der Waals surface area (Å²) >= 11 is 0. The van der Waals surface area contributed by atoms with Gasteiger partial charge in [0.05, 0.1) is 12.1 Å². The fraction of sp³-hybridized carbons (Fsp3) is 0.158. The standard InChI is InChI=1S/C19H16FN5O3/c1-2-28-14-6-4-13(5-7-14)22-17(26)10-25-19(27)24-11-21-16-8-3-12(20)9-15(16)18(24)23-25/h3-9,11H,2,10H2,1H3,(H,22,26). The van der Waals surface area contributed by atoms with E-state index in [1.54, 1.807) is 24.3 Å². The van der Waals surface area contributed by atoms with E-state index in [4.69, 9.17) is 4.74 Å². The number of fused-ring (bicyclic) bond motifs is 3. The second-order valence-electron chi connectivity index (χ2n) is 6.05. The molecule has 0 aliphatic rings. The van der Waals surface area contributed by atoms with Crippen molar-refractivity contribution in [3.63, 3.8) is 0 Å². The van der Waals surface area contributed by atoms with E-state index >= 15 is 0 Å². The molecule has 0 bridgehead atoms. The highest BCUT2D eigenvalue weighted by molar-refractivity contribution is 5.92. The van der Waals surface area contributed by atoms with Crippen LogP contribution in [-0.2, 0) is 11.3 Å². The van der Waals surface area contributed by atoms with E-state index < -0.39 is 17.4 Å². The van der Waals surface area contributed by atoms with Crippen LogP contribution in [0.4, 0.5) is 10.1 Å². The van der Waals surface area contributed by atoms with Gasteiger partial charge in [-0.2, -0.15) is 0 Å². The van der Waals surface area contributed by atoms with Gasteiger partial charge >= 0.3 is 5.69 Å². The van der Waals surface area contributed by atoms with E-state index in [9.17, 15) is 14.0 Å². The van der Waals surface area contributed by atoms with Crippen molar-refractivity contribution in [2.45, 2.75) is 13.5 Å². The monoisotopic (exact) mass is 381 g/mol. The van der Waals surface area contributed by atoms with Crippen molar-refractivity contribution in [3.8, 4) is 5.75 Å². The molecule has 2 aromatic heterocycles.